The van der Waals surface area contributed by atoms with Crippen LogP contribution in [0, 0.1) is 0 Å². The first kappa shape index (κ1) is 12.3. The largest absolute Gasteiger partial charge is 0.390 e. The van der Waals surface area contributed by atoms with E-state index in [1.807, 2.05) is 0 Å². The zero-order chi connectivity index (χ0) is 12.3. The lowest BCUT2D eigenvalue weighted by atomic mass is 10.2. The minimum Gasteiger partial charge on any atom is -0.383 e. The molecule has 0 saturated carbocycles. The van der Waals surface area contributed by atoms with Gasteiger partial charge >= 0.3 is 6.18 Å². The number of anilines is 1. The van der Waals surface area contributed by atoms with Gasteiger partial charge < -0.3 is 10.6 Å². The quantitative estimate of drug-likeness (QED) is 0.822. The molecule has 0 saturated heterocycles. The summed E-state index contributed by atoms with van der Waals surface area (Å²) in [6.07, 6.45) is -4.15. The third-order valence-corrected chi connectivity index (χ3v) is 1.98. The number of rotatable bonds is 3. The van der Waals surface area contributed by atoms with E-state index in [4.69, 9.17) is 5.73 Å². The van der Waals surface area contributed by atoms with E-state index in [-0.39, 0.29) is 11.4 Å². The third kappa shape index (κ3) is 3.14. The molecule has 0 aliphatic carbocycles. The van der Waals surface area contributed by atoms with Crippen LogP contribution in [0.25, 0.3) is 0 Å². The number of nitrogens with zero attached hydrogens (tertiary/aromatic N) is 2. The van der Waals surface area contributed by atoms with Gasteiger partial charge in [0, 0.05) is 13.6 Å². The van der Waals surface area contributed by atoms with Gasteiger partial charge in [-0.2, -0.15) is 18.3 Å². The van der Waals surface area contributed by atoms with Crippen LogP contribution in [0.5, 0.6) is 0 Å². The summed E-state index contributed by atoms with van der Waals surface area (Å²) in [6, 6.07) is 0. The molecule has 0 fully saturated rings. The molecule has 0 aliphatic heterocycles. The first-order valence-electron chi connectivity index (χ1n) is 4.42. The lowest BCUT2D eigenvalue weighted by Crippen LogP contribution is -2.30. The van der Waals surface area contributed by atoms with Crippen molar-refractivity contribution in [3.63, 3.8) is 0 Å². The molecule has 0 bridgehead atoms. The van der Waals surface area contributed by atoms with Crippen molar-refractivity contribution in [1.29, 1.82) is 0 Å². The van der Waals surface area contributed by atoms with E-state index >= 15 is 0 Å². The first-order valence-corrected chi connectivity index (χ1v) is 4.42. The van der Waals surface area contributed by atoms with Gasteiger partial charge in [0.05, 0.1) is 12.6 Å². The zero-order valence-corrected chi connectivity index (χ0v) is 8.51. The molecular formula is C8H11F3N4O. The number of aromatic amines is 1. The smallest absolute Gasteiger partial charge is 0.383 e. The van der Waals surface area contributed by atoms with Crippen LogP contribution in [-0.2, 0) is 0 Å². The monoisotopic (exact) mass is 236 g/mol. The zero-order valence-electron chi connectivity index (χ0n) is 8.51. The Balaban J connectivity index is 2.59. The summed E-state index contributed by atoms with van der Waals surface area (Å²) in [5, 5.41) is 5.85. The van der Waals surface area contributed by atoms with Crippen molar-refractivity contribution in [2.24, 2.45) is 0 Å². The van der Waals surface area contributed by atoms with Crippen LogP contribution in [0.3, 0.4) is 0 Å². The Morgan fingerprint density at radius 1 is 1.62 bits per heavy atom. The second-order valence-electron chi connectivity index (χ2n) is 3.29. The molecule has 1 heterocycles. The van der Waals surface area contributed by atoms with Crippen molar-refractivity contribution >= 4 is 11.7 Å². The molecule has 1 aromatic heterocycles. The average Bonchev–Trinajstić information content (AvgIpc) is 2.58. The van der Waals surface area contributed by atoms with E-state index < -0.39 is 25.0 Å². The summed E-state index contributed by atoms with van der Waals surface area (Å²) in [7, 11) is 1.28. The highest BCUT2D eigenvalue weighted by atomic mass is 19.4. The predicted octanol–water partition coefficient (Wildman–Crippen LogP) is 1.02. The van der Waals surface area contributed by atoms with Gasteiger partial charge in [0.15, 0.2) is 0 Å². The molecule has 0 aliphatic rings. The highest BCUT2D eigenvalue weighted by molar-refractivity contribution is 5.97. The number of hydrogen-bond acceptors (Lipinski definition) is 3. The van der Waals surface area contributed by atoms with Gasteiger partial charge in [0.1, 0.15) is 11.4 Å². The Hall–Kier alpha value is -1.73. The van der Waals surface area contributed by atoms with E-state index in [0.29, 0.717) is 0 Å². The van der Waals surface area contributed by atoms with Crippen LogP contribution in [-0.4, -0.2) is 40.8 Å². The normalized spacial score (nSPS) is 11.5. The van der Waals surface area contributed by atoms with Crippen molar-refractivity contribution in [2.45, 2.75) is 12.6 Å². The number of aromatic nitrogens is 2. The number of nitrogens with two attached hydrogens (primary N) is 1. The number of nitrogens with one attached hydrogen (secondary N) is 1. The lowest BCUT2D eigenvalue weighted by molar-refractivity contribution is -0.136. The molecule has 16 heavy (non-hydrogen) atoms. The summed E-state index contributed by atoms with van der Waals surface area (Å²) in [6.45, 7) is -0.410. The molecule has 90 valence electrons. The van der Waals surface area contributed by atoms with Gasteiger partial charge in [0.25, 0.3) is 5.91 Å². The number of amides is 1. The Morgan fingerprint density at radius 2 is 2.25 bits per heavy atom. The van der Waals surface area contributed by atoms with Gasteiger partial charge in [-0.05, 0) is 0 Å². The topological polar surface area (TPSA) is 75.0 Å². The van der Waals surface area contributed by atoms with Gasteiger partial charge in [-0.15, -0.1) is 0 Å². The Labute approximate surface area is 89.4 Å². The number of hydrogen-bond donors (Lipinski definition) is 2. The van der Waals surface area contributed by atoms with Crippen LogP contribution >= 0.6 is 0 Å². The molecule has 0 aromatic carbocycles. The van der Waals surface area contributed by atoms with E-state index in [1.165, 1.54) is 13.2 Å². The van der Waals surface area contributed by atoms with Crippen molar-refractivity contribution in [3.05, 3.63) is 11.8 Å². The fraction of sp³-hybridized carbons (Fsp3) is 0.500. The van der Waals surface area contributed by atoms with Gasteiger partial charge in [-0.3, -0.25) is 9.89 Å². The van der Waals surface area contributed by atoms with Gasteiger partial charge in [-0.25, -0.2) is 0 Å². The number of alkyl halides is 3. The van der Waals surface area contributed by atoms with E-state index in [1.54, 1.807) is 0 Å². The standard InChI is InChI=1S/C8H11F3N4O/c1-15(3-2-8(9,10)11)7(16)5-4-13-14-6(5)12/h4H,2-3H2,1H3,(H3,12,13,14). The number of carbonyl (C=O) groups excluding carboxylic acids is 1. The molecule has 1 rings (SSSR count). The third-order valence-electron chi connectivity index (χ3n) is 1.98. The molecule has 1 amide bonds. The molecule has 1 aromatic rings. The minimum absolute atomic E-state index is 0.0452. The lowest BCUT2D eigenvalue weighted by Gasteiger charge is -2.17. The van der Waals surface area contributed by atoms with Crippen molar-refractivity contribution in [3.8, 4) is 0 Å². The van der Waals surface area contributed by atoms with Crippen molar-refractivity contribution < 1.29 is 18.0 Å². The Kier molecular flexibility index (Phi) is 3.41. The van der Waals surface area contributed by atoms with Gasteiger partial charge in [0.2, 0.25) is 0 Å². The molecule has 0 radical (unpaired) electrons. The predicted molar refractivity (Wildman–Crippen MR) is 50.6 cm³/mol. The average molecular weight is 236 g/mol. The number of nitrogen functional groups attached to an aromatic ring is 1. The molecule has 3 N–H and O–H groups in total. The highest BCUT2D eigenvalue weighted by Gasteiger charge is 2.28. The fourth-order valence-corrected chi connectivity index (χ4v) is 1.07. The van der Waals surface area contributed by atoms with Crippen molar-refractivity contribution in [2.75, 3.05) is 19.3 Å². The van der Waals surface area contributed by atoms with Crippen LogP contribution in [0.1, 0.15) is 16.8 Å². The van der Waals surface area contributed by atoms with E-state index in [0.717, 1.165) is 4.90 Å². The van der Waals surface area contributed by atoms with Crippen LogP contribution in [0.4, 0.5) is 19.0 Å². The highest BCUT2D eigenvalue weighted by Crippen LogP contribution is 2.20. The fourth-order valence-electron chi connectivity index (χ4n) is 1.07. The maximum absolute atomic E-state index is 11.9. The van der Waals surface area contributed by atoms with Crippen molar-refractivity contribution in [1.82, 2.24) is 15.1 Å². The Morgan fingerprint density at radius 3 is 2.69 bits per heavy atom. The van der Waals surface area contributed by atoms with Crippen LogP contribution in [0.15, 0.2) is 6.20 Å². The maximum Gasteiger partial charge on any atom is 0.390 e. The molecule has 0 unspecified atom stereocenters. The summed E-state index contributed by atoms with van der Waals surface area (Å²) in [5.74, 6) is -0.542. The molecule has 0 spiro atoms. The van der Waals surface area contributed by atoms with Crippen LogP contribution < -0.4 is 5.73 Å². The maximum atomic E-state index is 11.9. The molecule has 0 atom stereocenters. The summed E-state index contributed by atoms with van der Waals surface area (Å²) in [4.78, 5) is 12.5. The number of halogens is 3. The summed E-state index contributed by atoms with van der Waals surface area (Å²) < 4.78 is 35.8. The number of carbonyl (C=O) groups is 1. The first-order chi connectivity index (χ1) is 7.31. The minimum atomic E-state index is -4.28. The molecule has 5 nitrogen and oxygen atoms in total. The SMILES string of the molecule is CN(CCC(F)(F)F)C(=O)c1cn[nH]c1N. The Bertz CT molecular complexity index is 374. The van der Waals surface area contributed by atoms with Crippen LogP contribution in [0.2, 0.25) is 0 Å². The number of H-pyrrole nitrogens is 1. The van der Waals surface area contributed by atoms with E-state index in [9.17, 15) is 18.0 Å². The second kappa shape index (κ2) is 4.42. The summed E-state index contributed by atoms with van der Waals surface area (Å²) in [5.41, 5.74) is 5.45. The second-order valence-corrected chi connectivity index (χ2v) is 3.29. The van der Waals surface area contributed by atoms with Gasteiger partial charge in [-0.1, -0.05) is 0 Å². The molecule has 8 heteroatoms. The molecular weight excluding hydrogens is 225 g/mol. The summed E-state index contributed by atoms with van der Waals surface area (Å²) >= 11 is 0. The van der Waals surface area contributed by atoms with E-state index in [2.05, 4.69) is 10.2 Å².